The first-order valence-corrected chi connectivity index (χ1v) is 7.12. The first-order chi connectivity index (χ1) is 9.20. The molecule has 100 valence electrons. The Bertz CT molecular complexity index is 560. The number of anilines is 1. The minimum atomic E-state index is -0.587. The molecule has 0 bridgehead atoms. The normalized spacial score (nSPS) is 10.4. The molecule has 0 saturated heterocycles. The SMILES string of the molecule is CCSc1ccccc1NCc1ccc(O)c(F)c1. The van der Waals surface area contributed by atoms with E-state index >= 15 is 0 Å². The maximum atomic E-state index is 13.2. The van der Waals surface area contributed by atoms with Crippen molar-refractivity contribution in [2.75, 3.05) is 11.1 Å². The van der Waals surface area contributed by atoms with Gasteiger partial charge in [0, 0.05) is 17.1 Å². The lowest BCUT2D eigenvalue weighted by Gasteiger charge is -2.11. The Labute approximate surface area is 116 Å². The van der Waals surface area contributed by atoms with E-state index in [9.17, 15) is 4.39 Å². The number of para-hydroxylation sites is 1. The lowest BCUT2D eigenvalue weighted by molar-refractivity contribution is 0.432. The fourth-order valence-corrected chi connectivity index (χ4v) is 2.53. The van der Waals surface area contributed by atoms with Crippen LogP contribution in [-0.4, -0.2) is 10.9 Å². The second kappa shape index (κ2) is 6.48. The fourth-order valence-electron chi connectivity index (χ4n) is 1.75. The van der Waals surface area contributed by atoms with Gasteiger partial charge in [-0.1, -0.05) is 25.1 Å². The molecule has 0 amide bonds. The number of aromatic hydroxyl groups is 1. The summed E-state index contributed by atoms with van der Waals surface area (Å²) >= 11 is 1.77. The van der Waals surface area contributed by atoms with Crippen LogP contribution in [0.15, 0.2) is 47.4 Å². The largest absolute Gasteiger partial charge is 0.505 e. The van der Waals surface area contributed by atoms with Crippen molar-refractivity contribution >= 4 is 17.4 Å². The van der Waals surface area contributed by atoms with Crippen molar-refractivity contribution in [3.63, 3.8) is 0 Å². The summed E-state index contributed by atoms with van der Waals surface area (Å²) in [7, 11) is 0. The monoisotopic (exact) mass is 277 g/mol. The third-order valence-electron chi connectivity index (χ3n) is 2.68. The Hall–Kier alpha value is -1.68. The smallest absolute Gasteiger partial charge is 0.165 e. The summed E-state index contributed by atoms with van der Waals surface area (Å²) < 4.78 is 13.2. The molecule has 2 aromatic carbocycles. The van der Waals surface area contributed by atoms with E-state index in [4.69, 9.17) is 5.11 Å². The second-order valence-electron chi connectivity index (χ2n) is 4.07. The highest BCUT2D eigenvalue weighted by Crippen LogP contribution is 2.27. The standard InChI is InChI=1S/C15H16FNOS/c1-2-19-15-6-4-3-5-13(15)17-10-11-7-8-14(18)12(16)9-11/h3-9,17-18H,2,10H2,1H3. The molecule has 2 nitrogen and oxygen atoms in total. The zero-order chi connectivity index (χ0) is 13.7. The Morgan fingerprint density at radius 1 is 1.21 bits per heavy atom. The van der Waals surface area contributed by atoms with Crippen molar-refractivity contribution in [1.29, 1.82) is 0 Å². The summed E-state index contributed by atoms with van der Waals surface area (Å²) in [6, 6.07) is 12.5. The summed E-state index contributed by atoms with van der Waals surface area (Å²) in [5, 5.41) is 12.4. The van der Waals surface area contributed by atoms with E-state index < -0.39 is 5.82 Å². The van der Waals surface area contributed by atoms with Gasteiger partial charge >= 0.3 is 0 Å². The van der Waals surface area contributed by atoms with Gasteiger partial charge in [-0.25, -0.2) is 4.39 Å². The van der Waals surface area contributed by atoms with Crippen LogP contribution < -0.4 is 5.32 Å². The van der Waals surface area contributed by atoms with Crippen LogP contribution in [0.25, 0.3) is 0 Å². The van der Waals surface area contributed by atoms with Gasteiger partial charge in [-0.15, -0.1) is 11.8 Å². The molecule has 0 aromatic heterocycles. The number of phenolic OH excluding ortho intramolecular Hbond substituents is 1. The minimum absolute atomic E-state index is 0.314. The number of phenols is 1. The van der Waals surface area contributed by atoms with Crippen molar-refractivity contribution in [2.45, 2.75) is 18.4 Å². The second-order valence-corrected chi connectivity index (χ2v) is 5.37. The molecule has 0 radical (unpaired) electrons. The number of halogens is 1. The summed E-state index contributed by atoms with van der Waals surface area (Å²) in [6.07, 6.45) is 0. The van der Waals surface area contributed by atoms with E-state index in [1.165, 1.54) is 17.0 Å². The zero-order valence-corrected chi connectivity index (χ0v) is 11.5. The topological polar surface area (TPSA) is 32.3 Å². The van der Waals surface area contributed by atoms with E-state index in [2.05, 4.69) is 18.3 Å². The van der Waals surface area contributed by atoms with Gasteiger partial charge in [-0.3, -0.25) is 0 Å². The predicted molar refractivity (Wildman–Crippen MR) is 78.2 cm³/mol. The highest BCUT2D eigenvalue weighted by Gasteiger charge is 2.04. The number of rotatable bonds is 5. The van der Waals surface area contributed by atoms with Crippen LogP contribution in [0.1, 0.15) is 12.5 Å². The molecule has 0 spiro atoms. The molecule has 0 fully saturated rings. The summed E-state index contributed by atoms with van der Waals surface area (Å²) in [6.45, 7) is 2.63. The molecular formula is C15H16FNOS. The molecule has 0 unspecified atom stereocenters. The van der Waals surface area contributed by atoms with Gasteiger partial charge in [0.2, 0.25) is 0 Å². The molecular weight excluding hydrogens is 261 g/mol. The van der Waals surface area contributed by atoms with E-state index in [0.717, 1.165) is 17.0 Å². The van der Waals surface area contributed by atoms with E-state index in [-0.39, 0.29) is 5.75 Å². The van der Waals surface area contributed by atoms with Gasteiger partial charge in [0.1, 0.15) is 0 Å². The first-order valence-electron chi connectivity index (χ1n) is 6.13. The highest BCUT2D eigenvalue weighted by atomic mass is 32.2. The van der Waals surface area contributed by atoms with E-state index in [1.807, 2.05) is 18.2 Å². The lowest BCUT2D eigenvalue weighted by atomic mass is 10.2. The number of benzene rings is 2. The van der Waals surface area contributed by atoms with Crippen molar-refractivity contribution in [3.8, 4) is 5.75 Å². The minimum Gasteiger partial charge on any atom is -0.505 e. The molecule has 2 rings (SSSR count). The molecule has 0 aliphatic rings. The average Bonchev–Trinajstić information content (AvgIpc) is 2.42. The zero-order valence-electron chi connectivity index (χ0n) is 10.7. The van der Waals surface area contributed by atoms with E-state index in [0.29, 0.717) is 6.54 Å². The maximum Gasteiger partial charge on any atom is 0.165 e. The molecule has 0 aliphatic heterocycles. The van der Waals surface area contributed by atoms with Crippen LogP contribution >= 0.6 is 11.8 Å². The maximum absolute atomic E-state index is 13.2. The molecule has 2 aromatic rings. The van der Waals surface area contributed by atoms with Crippen molar-refractivity contribution in [3.05, 3.63) is 53.8 Å². The number of hydrogen-bond donors (Lipinski definition) is 2. The van der Waals surface area contributed by atoms with E-state index in [1.54, 1.807) is 17.8 Å². The summed E-state index contributed by atoms with van der Waals surface area (Å²) in [4.78, 5) is 1.18. The summed E-state index contributed by atoms with van der Waals surface area (Å²) in [5.41, 5.74) is 1.84. The van der Waals surface area contributed by atoms with Gasteiger partial charge in [0.25, 0.3) is 0 Å². The van der Waals surface area contributed by atoms with Crippen molar-refractivity contribution in [1.82, 2.24) is 0 Å². The van der Waals surface area contributed by atoms with Gasteiger partial charge in [0.05, 0.1) is 0 Å². The van der Waals surface area contributed by atoms with Crippen molar-refractivity contribution in [2.24, 2.45) is 0 Å². The predicted octanol–water partition coefficient (Wildman–Crippen LogP) is 4.26. The lowest BCUT2D eigenvalue weighted by Crippen LogP contribution is -2.01. The number of nitrogens with one attached hydrogen (secondary N) is 1. The van der Waals surface area contributed by atoms with Crippen LogP contribution in [0, 0.1) is 5.82 Å². The average molecular weight is 277 g/mol. The summed E-state index contributed by atoms with van der Waals surface area (Å²) in [5.74, 6) is 0.105. The van der Waals surface area contributed by atoms with Crippen LogP contribution in [-0.2, 0) is 6.54 Å². The van der Waals surface area contributed by atoms with Crippen LogP contribution in [0.4, 0.5) is 10.1 Å². The molecule has 0 aliphatic carbocycles. The van der Waals surface area contributed by atoms with Crippen LogP contribution in [0.2, 0.25) is 0 Å². The molecule has 0 atom stereocenters. The third-order valence-corrected chi connectivity index (χ3v) is 3.64. The third kappa shape index (κ3) is 3.64. The van der Waals surface area contributed by atoms with Crippen LogP contribution in [0.5, 0.6) is 5.75 Å². The Morgan fingerprint density at radius 3 is 2.74 bits per heavy atom. The number of thioether (sulfide) groups is 1. The number of hydrogen-bond acceptors (Lipinski definition) is 3. The first kappa shape index (κ1) is 13.7. The van der Waals surface area contributed by atoms with Crippen LogP contribution in [0.3, 0.4) is 0 Å². The van der Waals surface area contributed by atoms with Gasteiger partial charge in [-0.2, -0.15) is 0 Å². The molecule has 0 saturated carbocycles. The molecule has 19 heavy (non-hydrogen) atoms. The Balaban J connectivity index is 2.07. The van der Waals surface area contributed by atoms with Gasteiger partial charge in [0.15, 0.2) is 11.6 Å². The quantitative estimate of drug-likeness (QED) is 0.801. The van der Waals surface area contributed by atoms with Crippen molar-refractivity contribution < 1.29 is 9.50 Å². The fraction of sp³-hybridized carbons (Fsp3) is 0.200. The Kier molecular flexibility index (Phi) is 4.68. The van der Waals surface area contributed by atoms with Gasteiger partial charge in [-0.05, 0) is 35.6 Å². The molecule has 0 heterocycles. The molecule has 2 N–H and O–H groups in total. The van der Waals surface area contributed by atoms with Gasteiger partial charge < -0.3 is 10.4 Å². The molecule has 4 heteroatoms. The highest BCUT2D eigenvalue weighted by molar-refractivity contribution is 7.99. The Morgan fingerprint density at radius 2 is 2.00 bits per heavy atom.